The van der Waals surface area contributed by atoms with Crippen molar-refractivity contribution in [2.75, 3.05) is 0 Å². The molecule has 0 spiro atoms. The Kier molecular flexibility index (Phi) is 4.91. The van der Waals surface area contributed by atoms with Gasteiger partial charge in [-0.3, -0.25) is 9.59 Å². The summed E-state index contributed by atoms with van der Waals surface area (Å²) in [6.07, 6.45) is 4.76. The van der Waals surface area contributed by atoms with Crippen molar-refractivity contribution in [2.45, 2.75) is 38.1 Å². The molecule has 2 N–H and O–H groups in total. The van der Waals surface area contributed by atoms with Gasteiger partial charge >= 0.3 is 0 Å². The standard InChI is InChI=1S/C28H25NO2/c1-2-3-12-22-21-15-14-20-19-13-8-7-11-18(19)16-23(17-9-5-4-6-10-17)24(20)25(21)28(31)26(29)27(22)30/h4-11,13-16,23,26H,2-3,12,29H2,1H3. The fraction of sp³-hybridized carbons (Fsp3) is 0.214. The monoisotopic (exact) mass is 407 g/mol. The van der Waals surface area contributed by atoms with Crippen molar-refractivity contribution in [3.05, 3.63) is 104 Å². The van der Waals surface area contributed by atoms with Crippen LogP contribution in [0.1, 0.15) is 53.6 Å². The maximum Gasteiger partial charge on any atom is 0.188 e. The predicted molar refractivity (Wildman–Crippen MR) is 123 cm³/mol. The van der Waals surface area contributed by atoms with Crippen molar-refractivity contribution < 1.29 is 9.59 Å². The van der Waals surface area contributed by atoms with Gasteiger partial charge in [-0.15, -0.1) is 0 Å². The second-order valence-corrected chi connectivity index (χ2v) is 8.38. The molecular weight excluding hydrogens is 382 g/mol. The predicted octanol–water partition coefficient (Wildman–Crippen LogP) is 3.33. The van der Waals surface area contributed by atoms with Crippen LogP contribution in [0.15, 0.2) is 66.7 Å². The van der Waals surface area contributed by atoms with Crippen LogP contribution in [-0.2, 0) is 4.79 Å². The number of nitrogens with two attached hydrogens (primary N) is 1. The summed E-state index contributed by atoms with van der Waals surface area (Å²) in [7, 11) is 0. The molecule has 5 rings (SSSR count). The number of unbranched alkanes of at least 4 members (excludes halogenated alkanes) is 1. The highest BCUT2D eigenvalue weighted by Crippen LogP contribution is 2.33. The average molecular weight is 408 g/mol. The Hall–Kier alpha value is -3.30. The molecule has 3 nitrogen and oxygen atoms in total. The zero-order valence-electron chi connectivity index (χ0n) is 17.6. The molecule has 0 amide bonds. The minimum atomic E-state index is -1.11. The Morgan fingerprint density at radius 3 is 2.29 bits per heavy atom. The summed E-state index contributed by atoms with van der Waals surface area (Å²) in [5, 5.41) is 4.09. The minimum Gasteiger partial charge on any atom is -0.315 e. The van der Waals surface area contributed by atoms with E-state index in [2.05, 4.69) is 43.3 Å². The maximum absolute atomic E-state index is 13.4. The van der Waals surface area contributed by atoms with Crippen LogP contribution in [-0.4, -0.2) is 17.6 Å². The third-order valence-corrected chi connectivity index (χ3v) is 6.53. The van der Waals surface area contributed by atoms with Crippen molar-refractivity contribution in [1.82, 2.24) is 0 Å². The molecule has 0 bridgehead atoms. The number of carbonyl (C=O) groups is 2. The van der Waals surface area contributed by atoms with Crippen LogP contribution < -0.4 is 16.2 Å². The second-order valence-electron chi connectivity index (χ2n) is 8.38. The second kappa shape index (κ2) is 7.75. The maximum atomic E-state index is 13.4. The Morgan fingerprint density at radius 1 is 0.806 bits per heavy atom. The van der Waals surface area contributed by atoms with Gasteiger partial charge in [-0.25, -0.2) is 0 Å². The molecule has 0 saturated carbocycles. The lowest BCUT2D eigenvalue weighted by atomic mass is 9.76. The first-order chi connectivity index (χ1) is 15.1. The Labute approximate surface area is 181 Å². The van der Waals surface area contributed by atoms with Crippen molar-refractivity contribution in [3.63, 3.8) is 0 Å². The number of carbonyl (C=O) groups excluding carboxylic acids is 2. The molecule has 0 aliphatic heterocycles. The SMILES string of the molecule is CCCCC1=c2ccc3c(c2C(=O)C(N)C1=O)C(c1ccccc1)C=c1ccccc1=3. The summed E-state index contributed by atoms with van der Waals surface area (Å²) in [4.78, 5) is 26.4. The molecule has 3 aromatic rings. The van der Waals surface area contributed by atoms with E-state index in [1.54, 1.807) is 0 Å². The summed E-state index contributed by atoms with van der Waals surface area (Å²) < 4.78 is 0. The number of hydrogen-bond donors (Lipinski definition) is 1. The highest BCUT2D eigenvalue weighted by molar-refractivity contribution is 6.32. The molecule has 2 aliphatic rings. The van der Waals surface area contributed by atoms with Crippen molar-refractivity contribution in [3.8, 4) is 0 Å². The van der Waals surface area contributed by atoms with Gasteiger partial charge in [0.15, 0.2) is 11.6 Å². The molecule has 0 fully saturated rings. The summed E-state index contributed by atoms with van der Waals surface area (Å²) >= 11 is 0. The Morgan fingerprint density at radius 2 is 1.52 bits per heavy atom. The van der Waals surface area contributed by atoms with Gasteiger partial charge in [0.05, 0.1) is 0 Å². The van der Waals surface area contributed by atoms with Gasteiger partial charge in [-0.2, -0.15) is 0 Å². The van der Waals surface area contributed by atoms with Gasteiger partial charge in [-0.1, -0.05) is 86.2 Å². The average Bonchev–Trinajstić information content (AvgIpc) is 2.82. The molecule has 0 saturated heterocycles. The van der Waals surface area contributed by atoms with E-state index in [1.807, 2.05) is 36.4 Å². The molecule has 2 unspecified atom stereocenters. The first kappa shape index (κ1) is 19.7. The molecule has 0 radical (unpaired) electrons. The molecule has 154 valence electrons. The van der Waals surface area contributed by atoms with Crippen molar-refractivity contribution in [1.29, 1.82) is 0 Å². The van der Waals surface area contributed by atoms with Crippen molar-refractivity contribution in [2.24, 2.45) is 5.73 Å². The molecule has 3 heteroatoms. The number of ketones is 2. The quantitative estimate of drug-likeness (QED) is 0.675. The summed E-state index contributed by atoms with van der Waals surface area (Å²) in [5.41, 5.74) is 9.62. The molecule has 0 heterocycles. The van der Waals surface area contributed by atoms with E-state index >= 15 is 0 Å². The highest BCUT2D eigenvalue weighted by Gasteiger charge is 2.35. The van der Waals surface area contributed by atoms with Crippen LogP contribution in [0.3, 0.4) is 0 Å². The Bertz CT molecular complexity index is 1420. The largest absolute Gasteiger partial charge is 0.315 e. The fourth-order valence-corrected chi connectivity index (χ4v) is 4.97. The summed E-state index contributed by atoms with van der Waals surface area (Å²) in [5.74, 6) is -0.550. The lowest BCUT2D eigenvalue weighted by molar-refractivity contribution is -0.114. The smallest absolute Gasteiger partial charge is 0.188 e. The first-order valence-corrected chi connectivity index (χ1v) is 11.0. The molecule has 3 aromatic carbocycles. The molecule has 0 aromatic heterocycles. The molecule has 31 heavy (non-hydrogen) atoms. The number of hydrogen-bond acceptors (Lipinski definition) is 3. The van der Waals surface area contributed by atoms with Crippen LogP contribution in [0.25, 0.3) is 11.6 Å². The van der Waals surface area contributed by atoms with E-state index in [-0.39, 0.29) is 17.5 Å². The van der Waals surface area contributed by atoms with Crippen LogP contribution in [0, 0.1) is 10.4 Å². The third-order valence-electron chi connectivity index (χ3n) is 6.53. The number of Topliss-reactive ketones (excluding diaryl/α,β-unsaturated/α-hetero) is 2. The van der Waals surface area contributed by atoms with E-state index in [9.17, 15) is 9.59 Å². The van der Waals surface area contributed by atoms with E-state index in [4.69, 9.17) is 5.73 Å². The van der Waals surface area contributed by atoms with Gasteiger partial charge in [0.1, 0.15) is 6.04 Å². The van der Waals surface area contributed by atoms with Gasteiger partial charge < -0.3 is 5.73 Å². The van der Waals surface area contributed by atoms with E-state index in [0.29, 0.717) is 17.6 Å². The topological polar surface area (TPSA) is 60.2 Å². The van der Waals surface area contributed by atoms with E-state index in [1.165, 1.54) is 0 Å². The number of rotatable bonds is 4. The Balaban J connectivity index is 1.95. The number of benzene rings is 3. The van der Waals surface area contributed by atoms with Gasteiger partial charge in [0.2, 0.25) is 0 Å². The molecular formula is C28H25NO2. The minimum absolute atomic E-state index is 0.0715. The first-order valence-electron chi connectivity index (χ1n) is 11.0. The van der Waals surface area contributed by atoms with Crippen LogP contribution in [0.5, 0.6) is 0 Å². The third kappa shape index (κ3) is 3.08. The zero-order valence-corrected chi connectivity index (χ0v) is 17.6. The molecule has 2 atom stereocenters. The van der Waals surface area contributed by atoms with E-state index < -0.39 is 6.04 Å². The lowest BCUT2D eigenvalue weighted by Crippen LogP contribution is -2.47. The summed E-state index contributed by atoms with van der Waals surface area (Å²) in [6, 6.07) is 21.4. The summed E-state index contributed by atoms with van der Waals surface area (Å²) in [6.45, 7) is 2.10. The van der Waals surface area contributed by atoms with Gasteiger partial charge in [0, 0.05) is 17.1 Å². The normalized spacial score (nSPS) is 19.4. The number of fused-ring (bicyclic) bond motifs is 4. The fourth-order valence-electron chi connectivity index (χ4n) is 4.97. The zero-order chi connectivity index (χ0) is 21.5. The van der Waals surface area contributed by atoms with E-state index in [0.717, 1.165) is 44.8 Å². The van der Waals surface area contributed by atoms with Crippen molar-refractivity contribution >= 4 is 23.2 Å². The highest BCUT2D eigenvalue weighted by atomic mass is 16.2. The van der Waals surface area contributed by atoms with Crippen LogP contribution in [0.4, 0.5) is 0 Å². The lowest BCUT2D eigenvalue weighted by Gasteiger charge is -2.26. The van der Waals surface area contributed by atoms with Crippen LogP contribution >= 0.6 is 0 Å². The van der Waals surface area contributed by atoms with Gasteiger partial charge in [-0.05, 0) is 44.8 Å². The molecule has 2 aliphatic carbocycles. The van der Waals surface area contributed by atoms with Crippen LogP contribution in [0.2, 0.25) is 0 Å². The van der Waals surface area contributed by atoms with Gasteiger partial charge in [0.25, 0.3) is 0 Å².